The third kappa shape index (κ3) is 3.51. The molecule has 0 amide bonds. The van der Waals surface area contributed by atoms with Gasteiger partial charge in [0.2, 0.25) is 0 Å². The van der Waals surface area contributed by atoms with Crippen molar-refractivity contribution in [3.63, 3.8) is 0 Å². The molecule has 4 heteroatoms. The topological polar surface area (TPSA) is 58.7 Å². The van der Waals surface area contributed by atoms with Crippen LogP contribution in [0.2, 0.25) is 0 Å². The molecule has 1 aromatic carbocycles. The van der Waals surface area contributed by atoms with Gasteiger partial charge in [0.15, 0.2) is 0 Å². The highest BCUT2D eigenvalue weighted by molar-refractivity contribution is 5.26. The van der Waals surface area contributed by atoms with E-state index in [1.54, 1.807) is 0 Å². The molecule has 1 atom stereocenters. The number of benzene rings is 1. The molecular formula is C13H20N2O2. The van der Waals surface area contributed by atoms with Gasteiger partial charge in [0.1, 0.15) is 0 Å². The third-order valence-electron chi connectivity index (χ3n) is 3.09. The number of hydrogen-bond acceptors (Lipinski definition) is 4. The lowest BCUT2D eigenvalue weighted by Gasteiger charge is -2.26. The van der Waals surface area contributed by atoms with Gasteiger partial charge in [-0.3, -0.25) is 4.90 Å². The highest BCUT2D eigenvalue weighted by Gasteiger charge is 2.11. The van der Waals surface area contributed by atoms with Gasteiger partial charge in [-0.15, -0.1) is 0 Å². The summed E-state index contributed by atoms with van der Waals surface area (Å²) >= 11 is 0. The third-order valence-corrected chi connectivity index (χ3v) is 3.09. The van der Waals surface area contributed by atoms with E-state index in [-0.39, 0.29) is 12.6 Å². The molecule has 1 aliphatic rings. The summed E-state index contributed by atoms with van der Waals surface area (Å²) in [5, 5.41) is 9.05. The molecule has 0 radical (unpaired) electrons. The number of aliphatic hydroxyl groups excluding tert-OH is 1. The summed E-state index contributed by atoms with van der Waals surface area (Å²) in [6, 6.07) is 7.86. The zero-order valence-electron chi connectivity index (χ0n) is 10.0. The summed E-state index contributed by atoms with van der Waals surface area (Å²) < 4.78 is 5.32. The largest absolute Gasteiger partial charge is 0.394 e. The van der Waals surface area contributed by atoms with E-state index in [0.29, 0.717) is 0 Å². The number of hydrogen-bond donors (Lipinski definition) is 2. The fraction of sp³-hybridized carbons (Fsp3) is 0.538. The molecular weight excluding hydrogens is 216 g/mol. The lowest BCUT2D eigenvalue weighted by Crippen LogP contribution is -2.35. The van der Waals surface area contributed by atoms with Crippen molar-refractivity contribution in [2.45, 2.75) is 12.6 Å². The van der Waals surface area contributed by atoms with Gasteiger partial charge in [0.25, 0.3) is 0 Å². The molecule has 1 aromatic rings. The summed E-state index contributed by atoms with van der Waals surface area (Å²) in [4.78, 5) is 2.37. The van der Waals surface area contributed by atoms with E-state index < -0.39 is 0 Å². The Kier molecular flexibility index (Phi) is 4.50. The zero-order valence-corrected chi connectivity index (χ0v) is 10.0. The molecule has 17 heavy (non-hydrogen) atoms. The first-order valence-electron chi connectivity index (χ1n) is 6.05. The van der Waals surface area contributed by atoms with E-state index in [4.69, 9.17) is 15.6 Å². The minimum Gasteiger partial charge on any atom is -0.394 e. The van der Waals surface area contributed by atoms with Crippen LogP contribution in [-0.2, 0) is 11.3 Å². The van der Waals surface area contributed by atoms with Crippen molar-refractivity contribution in [1.82, 2.24) is 4.90 Å². The second-order valence-corrected chi connectivity index (χ2v) is 4.42. The summed E-state index contributed by atoms with van der Waals surface area (Å²) in [6.07, 6.45) is 0. The van der Waals surface area contributed by atoms with Crippen LogP contribution in [-0.4, -0.2) is 42.9 Å². The number of rotatable bonds is 4. The van der Waals surface area contributed by atoms with E-state index in [0.717, 1.165) is 38.4 Å². The van der Waals surface area contributed by atoms with Gasteiger partial charge in [-0.1, -0.05) is 24.3 Å². The summed E-state index contributed by atoms with van der Waals surface area (Å²) in [5.41, 5.74) is 8.05. The van der Waals surface area contributed by atoms with Crippen LogP contribution in [0.15, 0.2) is 24.3 Å². The number of nitrogens with zero attached hydrogens (tertiary/aromatic N) is 1. The normalized spacial score (nSPS) is 19.2. The Morgan fingerprint density at radius 2 is 2.12 bits per heavy atom. The van der Waals surface area contributed by atoms with E-state index in [9.17, 15) is 0 Å². The average molecular weight is 236 g/mol. The second kappa shape index (κ2) is 6.12. The van der Waals surface area contributed by atoms with Crippen LogP contribution in [0.4, 0.5) is 0 Å². The van der Waals surface area contributed by atoms with E-state index >= 15 is 0 Å². The van der Waals surface area contributed by atoms with Crippen molar-refractivity contribution in [2.75, 3.05) is 32.9 Å². The predicted molar refractivity (Wildman–Crippen MR) is 66.6 cm³/mol. The van der Waals surface area contributed by atoms with Gasteiger partial charge in [0, 0.05) is 19.6 Å². The van der Waals surface area contributed by atoms with Crippen LogP contribution in [0.1, 0.15) is 17.2 Å². The molecule has 3 N–H and O–H groups in total. The maximum Gasteiger partial charge on any atom is 0.0624 e. The summed E-state index contributed by atoms with van der Waals surface area (Å²) in [6.45, 7) is 4.51. The molecule has 1 heterocycles. The first-order chi connectivity index (χ1) is 8.29. The molecule has 0 aromatic heterocycles. The van der Waals surface area contributed by atoms with Gasteiger partial charge in [0.05, 0.1) is 25.9 Å². The van der Waals surface area contributed by atoms with E-state index in [1.165, 1.54) is 5.56 Å². The minimum atomic E-state index is -0.278. The molecule has 0 spiro atoms. The molecule has 94 valence electrons. The molecule has 1 saturated heterocycles. The Bertz CT molecular complexity index is 351. The fourth-order valence-electron chi connectivity index (χ4n) is 2.04. The van der Waals surface area contributed by atoms with Crippen molar-refractivity contribution in [2.24, 2.45) is 5.73 Å². The Morgan fingerprint density at radius 3 is 2.82 bits per heavy atom. The molecule has 0 unspecified atom stereocenters. The lowest BCUT2D eigenvalue weighted by molar-refractivity contribution is 0.0342. The molecule has 1 aliphatic heterocycles. The van der Waals surface area contributed by atoms with Gasteiger partial charge < -0.3 is 15.6 Å². The number of morpholine rings is 1. The van der Waals surface area contributed by atoms with Crippen LogP contribution in [0, 0.1) is 0 Å². The molecule has 0 bridgehead atoms. The number of nitrogens with two attached hydrogens (primary N) is 1. The van der Waals surface area contributed by atoms with Crippen LogP contribution in [0.3, 0.4) is 0 Å². The fourth-order valence-corrected chi connectivity index (χ4v) is 2.04. The van der Waals surface area contributed by atoms with Crippen LogP contribution < -0.4 is 5.73 Å². The minimum absolute atomic E-state index is 0.0129. The van der Waals surface area contributed by atoms with Crippen molar-refractivity contribution in [1.29, 1.82) is 0 Å². The Morgan fingerprint density at radius 1 is 1.35 bits per heavy atom. The average Bonchev–Trinajstić information content (AvgIpc) is 2.39. The molecule has 1 fully saturated rings. The summed E-state index contributed by atoms with van der Waals surface area (Å²) in [5.74, 6) is 0. The van der Waals surface area contributed by atoms with Gasteiger partial charge in [-0.25, -0.2) is 0 Å². The van der Waals surface area contributed by atoms with Crippen molar-refractivity contribution in [3.8, 4) is 0 Å². The lowest BCUT2D eigenvalue weighted by atomic mass is 10.0. The first kappa shape index (κ1) is 12.5. The Hall–Kier alpha value is -0.940. The van der Waals surface area contributed by atoms with Crippen molar-refractivity contribution < 1.29 is 9.84 Å². The Balaban J connectivity index is 2.00. The highest BCUT2D eigenvalue weighted by Crippen LogP contribution is 2.14. The number of ether oxygens (including phenoxy) is 1. The number of aliphatic hydroxyl groups is 1. The monoisotopic (exact) mass is 236 g/mol. The standard InChI is InChI=1S/C13H20N2O2/c14-13(10-16)12-3-1-2-11(8-12)9-15-4-6-17-7-5-15/h1-3,8,13,16H,4-7,9-10,14H2/t13-/m0/s1. The quantitative estimate of drug-likeness (QED) is 0.800. The Labute approximate surface area is 102 Å². The van der Waals surface area contributed by atoms with Gasteiger partial charge in [-0.05, 0) is 11.1 Å². The SMILES string of the molecule is N[C@@H](CO)c1cccc(CN2CCOCC2)c1. The highest BCUT2D eigenvalue weighted by atomic mass is 16.5. The summed E-state index contributed by atoms with van der Waals surface area (Å²) in [7, 11) is 0. The first-order valence-corrected chi connectivity index (χ1v) is 6.05. The smallest absolute Gasteiger partial charge is 0.0624 e. The molecule has 4 nitrogen and oxygen atoms in total. The second-order valence-electron chi connectivity index (χ2n) is 4.42. The van der Waals surface area contributed by atoms with Crippen LogP contribution in [0.5, 0.6) is 0 Å². The molecule has 0 aliphatic carbocycles. The molecule has 0 saturated carbocycles. The molecule has 2 rings (SSSR count). The van der Waals surface area contributed by atoms with E-state index in [1.807, 2.05) is 12.1 Å². The van der Waals surface area contributed by atoms with Gasteiger partial charge >= 0.3 is 0 Å². The van der Waals surface area contributed by atoms with E-state index in [2.05, 4.69) is 17.0 Å². The van der Waals surface area contributed by atoms with Crippen molar-refractivity contribution in [3.05, 3.63) is 35.4 Å². The maximum absolute atomic E-state index is 9.05. The zero-order chi connectivity index (χ0) is 12.1. The predicted octanol–water partition coefficient (Wildman–Crippen LogP) is 0.511. The maximum atomic E-state index is 9.05. The van der Waals surface area contributed by atoms with Crippen LogP contribution >= 0.6 is 0 Å². The van der Waals surface area contributed by atoms with Gasteiger partial charge in [-0.2, -0.15) is 0 Å². The van der Waals surface area contributed by atoms with Crippen molar-refractivity contribution >= 4 is 0 Å². The van der Waals surface area contributed by atoms with Crippen LogP contribution in [0.25, 0.3) is 0 Å².